The molecule has 0 aliphatic heterocycles. The van der Waals surface area contributed by atoms with Gasteiger partial charge in [-0.15, -0.1) is 11.8 Å². The molecule has 2 amide bonds. The van der Waals surface area contributed by atoms with Crippen molar-refractivity contribution in [2.45, 2.75) is 23.2 Å². The molecule has 0 radical (unpaired) electrons. The van der Waals surface area contributed by atoms with Crippen LogP contribution in [0, 0.1) is 0 Å². The Morgan fingerprint density at radius 1 is 0.912 bits per heavy atom. The van der Waals surface area contributed by atoms with Gasteiger partial charge in [-0.2, -0.15) is 13.2 Å². The van der Waals surface area contributed by atoms with Crippen LogP contribution in [0.2, 0.25) is 15.1 Å². The van der Waals surface area contributed by atoms with Crippen molar-refractivity contribution in [3.63, 3.8) is 0 Å². The second-order valence-corrected chi connectivity index (χ2v) is 9.71. The summed E-state index contributed by atoms with van der Waals surface area (Å²) in [4.78, 5) is 25.7. The number of hydrogen-bond acceptors (Lipinski definition) is 3. The Labute approximate surface area is 212 Å². The lowest BCUT2D eigenvalue weighted by Gasteiger charge is -2.15. The molecular formula is C23H16Cl3F3N2O2S. The second kappa shape index (κ2) is 10.9. The van der Waals surface area contributed by atoms with Crippen molar-refractivity contribution in [2.24, 2.45) is 0 Å². The molecule has 0 saturated carbocycles. The first kappa shape index (κ1) is 26.2. The smallest absolute Gasteiger partial charge is 0.324 e. The molecule has 0 spiro atoms. The van der Waals surface area contributed by atoms with Crippen molar-refractivity contribution in [1.82, 2.24) is 0 Å². The zero-order valence-electron chi connectivity index (χ0n) is 17.3. The van der Waals surface area contributed by atoms with E-state index in [2.05, 4.69) is 10.6 Å². The minimum Gasteiger partial charge on any atom is -0.324 e. The molecule has 3 aromatic rings. The molecule has 11 heteroatoms. The summed E-state index contributed by atoms with van der Waals surface area (Å²) in [5.74, 6) is -0.970. The fourth-order valence-electron chi connectivity index (χ4n) is 2.81. The average Bonchev–Trinajstić information content (AvgIpc) is 2.74. The van der Waals surface area contributed by atoms with Crippen molar-refractivity contribution >= 4 is 69.8 Å². The lowest BCUT2D eigenvalue weighted by molar-refractivity contribution is -0.137. The highest BCUT2D eigenvalue weighted by atomic mass is 35.5. The van der Waals surface area contributed by atoms with E-state index in [0.29, 0.717) is 15.6 Å². The van der Waals surface area contributed by atoms with Crippen LogP contribution in [0.1, 0.15) is 22.8 Å². The van der Waals surface area contributed by atoms with E-state index in [0.717, 1.165) is 30.0 Å². The summed E-state index contributed by atoms with van der Waals surface area (Å²) in [7, 11) is 0. The Morgan fingerprint density at radius 3 is 2.32 bits per heavy atom. The van der Waals surface area contributed by atoms with E-state index >= 15 is 0 Å². The number of carbonyl (C=O) groups is 2. The number of hydrogen-bond donors (Lipinski definition) is 2. The molecule has 0 saturated heterocycles. The topological polar surface area (TPSA) is 58.2 Å². The van der Waals surface area contributed by atoms with E-state index in [1.807, 2.05) is 0 Å². The molecular weight excluding hydrogens is 532 g/mol. The summed E-state index contributed by atoms with van der Waals surface area (Å²) in [6, 6.07) is 14.0. The molecule has 34 heavy (non-hydrogen) atoms. The minimum atomic E-state index is -4.56. The summed E-state index contributed by atoms with van der Waals surface area (Å²) in [6.07, 6.45) is -4.56. The Hall–Kier alpha value is -2.39. The number of amides is 2. The van der Waals surface area contributed by atoms with Crippen LogP contribution in [0.25, 0.3) is 0 Å². The standard InChI is InChI=1S/C23H16Cl3F3N2O2S/c1-12(21(32)31-20-9-13(23(27,28)29)5-8-18(20)25)34-16-4-2-3-15(11-16)30-22(33)17-7-6-14(24)10-19(17)26/h2-12H,1H3,(H,30,33)(H,31,32). The number of carbonyl (C=O) groups excluding carboxylic acids is 2. The van der Waals surface area contributed by atoms with Gasteiger partial charge in [0.15, 0.2) is 0 Å². The Kier molecular flexibility index (Phi) is 8.41. The highest BCUT2D eigenvalue weighted by Gasteiger charge is 2.31. The molecule has 1 unspecified atom stereocenters. The number of halogens is 6. The van der Waals surface area contributed by atoms with Crippen molar-refractivity contribution in [1.29, 1.82) is 0 Å². The van der Waals surface area contributed by atoms with Crippen molar-refractivity contribution in [3.8, 4) is 0 Å². The largest absolute Gasteiger partial charge is 0.416 e. The highest BCUT2D eigenvalue weighted by Crippen LogP contribution is 2.34. The molecule has 1 atom stereocenters. The molecule has 0 heterocycles. The van der Waals surface area contributed by atoms with Gasteiger partial charge in [0.1, 0.15) is 0 Å². The van der Waals surface area contributed by atoms with E-state index in [9.17, 15) is 22.8 Å². The van der Waals surface area contributed by atoms with Gasteiger partial charge in [-0.1, -0.05) is 40.9 Å². The third-order valence-corrected chi connectivity index (χ3v) is 6.47. The summed E-state index contributed by atoms with van der Waals surface area (Å²) >= 11 is 19.0. The maximum atomic E-state index is 13.0. The van der Waals surface area contributed by atoms with Crippen molar-refractivity contribution < 1.29 is 22.8 Å². The number of anilines is 2. The van der Waals surface area contributed by atoms with E-state index in [1.165, 1.54) is 12.1 Å². The summed E-state index contributed by atoms with van der Waals surface area (Å²) < 4.78 is 38.9. The number of benzene rings is 3. The molecule has 0 fully saturated rings. The van der Waals surface area contributed by atoms with Gasteiger partial charge >= 0.3 is 6.18 Å². The van der Waals surface area contributed by atoms with Crippen LogP contribution in [0.5, 0.6) is 0 Å². The molecule has 178 valence electrons. The van der Waals surface area contributed by atoms with Crippen LogP contribution in [0.4, 0.5) is 24.5 Å². The SMILES string of the molecule is CC(Sc1cccc(NC(=O)c2ccc(Cl)cc2Cl)c1)C(=O)Nc1cc(C(F)(F)F)ccc1Cl. The monoisotopic (exact) mass is 546 g/mol. The molecule has 4 nitrogen and oxygen atoms in total. The number of thioether (sulfide) groups is 1. The van der Waals surface area contributed by atoms with Gasteiger partial charge in [-0.05, 0) is 61.5 Å². The van der Waals surface area contributed by atoms with Crippen LogP contribution >= 0.6 is 46.6 Å². The van der Waals surface area contributed by atoms with Crippen LogP contribution in [0.15, 0.2) is 65.6 Å². The van der Waals surface area contributed by atoms with Gasteiger partial charge in [0.05, 0.1) is 32.1 Å². The lowest BCUT2D eigenvalue weighted by atomic mass is 10.2. The van der Waals surface area contributed by atoms with Gasteiger partial charge in [0.25, 0.3) is 5.91 Å². The van der Waals surface area contributed by atoms with Crippen molar-refractivity contribution in [3.05, 3.63) is 86.9 Å². The van der Waals surface area contributed by atoms with Gasteiger partial charge in [-0.25, -0.2) is 0 Å². The van der Waals surface area contributed by atoms with E-state index in [4.69, 9.17) is 34.8 Å². The van der Waals surface area contributed by atoms with Crippen LogP contribution in [-0.2, 0) is 11.0 Å². The fraction of sp³-hybridized carbons (Fsp3) is 0.130. The number of alkyl halides is 3. The van der Waals surface area contributed by atoms with Crippen LogP contribution in [0.3, 0.4) is 0 Å². The average molecular weight is 548 g/mol. The normalized spacial score (nSPS) is 12.2. The lowest BCUT2D eigenvalue weighted by Crippen LogP contribution is -2.23. The molecule has 3 rings (SSSR count). The highest BCUT2D eigenvalue weighted by molar-refractivity contribution is 8.00. The minimum absolute atomic E-state index is 0.0101. The first-order valence-corrected chi connectivity index (χ1v) is 11.7. The zero-order chi connectivity index (χ0) is 25.0. The first-order chi connectivity index (χ1) is 15.9. The molecule has 3 aromatic carbocycles. The fourth-order valence-corrected chi connectivity index (χ4v) is 4.39. The molecule has 2 N–H and O–H groups in total. The summed E-state index contributed by atoms with van der Waals surface area (Å²) in [5, 5.41) is 5.08. The van der Waals surface area contributed by atoms with Gasteiger partial charge in [0.2, 0.25) is 5.91 Å². The van der Waals surface area contributed by atoms with Gasteiger partial charge in [-0.3, -0.25) is 9.59 Å². The zero-order valence-corrected chi connectivity index (χ0v) is 20.4. The Morgan fingerprint density at radius 2 is 1.65 bits per heavy atom. The van der Waals surface area contributed by atoms with Crippen molar-refractivity contribution in [2.75, 3.05) is 10.6 Å². The Balaban J connectivity index is 1.67. The van der Waals surface area contributed by atoms with Gasteiger partial charge < -0.3 is 10.6 Å². The number of nitrogens with one attached hydrogen (secondary N) is 2. The molecule has 0 aliphatic rings. The third-order valence-electron chi connectivity index (χ3n) is 4.50. The maximum Gasteiger partial charge on any atom is 0.416 e. The molecule has 0 aliphatic carbocycles. The maximum absolute atomic E-state index is 13.0. The van der Waals surface area contributed by atoms with E-state index in [-0.39, 0.29) is 21.3 Å². The predicted octanol–water partition coefficient (Wildman–Crippen LogP) is 8.04. The first-order valence-electron chi connectivity index (χ1n) is 9.65. The Bertz CT molecular complexity index is 1240. The summed E-state index contributed by atoms with van der Waals surface area (Å²) in [5.41, 5.74) is -0.337. The second-order valence-electron chi connectivity index (χ2n) is 7.05. The quantitative estimate of drug-likeness (QED) is 0.307. The van der Waals surface area contributed by atoms with E-state index in [1.54, 1.807) is 37.3 Å². The summed E-state index contributed by atoms with van der Waals surface area (Å²) in [6.45, 7) is 1.60. The van der Waals surface area contributed by atoms with Crippen LogP contribution < -0.4 is 10.6 Å². The van der Waals surface area contributed by atoms with Crippen LogP contribution in [-0.4, -0.2) is 17.1 Å². The number of rotatable bonds is 6. The molecule has 0 bridgehead atoms. The molecule has 0 aromatic heterocycles. The van der Waals surface area contributed by atoms with E-state index < -0.39 is 28.8 Å². The van der Waals surface area contributed by atoms with Gasteiger partial charge in [0, 0.05) is 15.6 Å². The predicted molar refractivity (Wildman–Crippen MR) is 131 cm³/mol. The third kappa shape index (κ3) is 6.82.